The number of amides is 3. The van der Waals surface area contributed by atoms with Gasteiger partial charge in [0.15, 0.2) is 5.13 Å². The number of fused-ring (bicyclic) bond motifs is 1. The number of pyridine rings is 1. The SMILES string of the molecule is O=C(CN1C(=O)c2cccc([N+](=O)[O-])c2C1=O)Nc1nc(-c2ccccn2)cs1. The Morgan fingerprint density at radius 1 is 1.14 bits per heavy atom. The highest BCUT2D eigenvalue weighted by Crippen LogP contribution is 2.30. The van der Waals surface area contributed by atoms with Crippen LogP contribution in [-0.2, 0) is 4.79 Å². The highest BCUT2D eigenvalue weighted by atomic mass is 32.1. The van der Waals surface area contributed by atoms with E-state index in [9.17, 15) is 24.5 Å². The number of carbonyl (C=O) groups is 3. The molecule has 3 aromatic rings. The molecule has 4 rings (SSSR count). The summed E-state index contributed by atoms with van der Waals surface area (Å²) in [7, 11) is 0. The minimum atomic E-state index is -0.874. The van der Waals surface area contributed by atoms with Crippen LogP contribution in [0.3, 0.4) is 0 Å². The number of nitro groups is 1. The van der Waals surface area contributed by atoms with Gasteiger partial charge in [-0.1, -0.05) is 12.1 Å². The fourth-order valence-electron chi connectivity index (χ4n) is 2.88. The molecule has 0 fully saturated rings. The fourth-order valence-corrected chi connectivity index (χ4v) is 3.60. The van der Waals surface area contributed by atoms with Crippen molar-refractivity contribution in [1.29, 1.82) is 0 Å². The molecule has 3 heterocycles. The van der Waals surface area contributed by atoms with Gasteiger partial charge in [-0.05, 0) is 18.2 Å². The standard InChI is InChI=1S/C18H11N5O5S/c24-14(21-18-20-12(9-29-18)11-5-1-2-7-19-11)8-22-16(25)10-4-3-6-13(23(27)28)15(10)17(22)26/h1-7,9H,8H2,(H,20,21,24). The van der Waals surface area contributed by atoms with Crippen LogP contribution < -0.4 is 5.32 Å². The van der Waals surface area contributed by atoms with Crippen molar-refractivity contribution in [2.75, 3.05) is 11.9 Å². The molecule has 29 heavy (non-hydrogen) atoms. The summed E-state index contributed by atoms with van der Waals surface area (Å²) in [5.74, 6) is -2.28. The van der Waals surface area contributed by atoms with Crippen LogP contribution in [0.5, 0.6) is 0 Å². The number of thiazole rings is 1. The number of hydrogen-bond acceptors (Lipinski definition) is 8. The lowest BCUT2D eigenvalue weighted by Crippen LogP contribution is -2.37. The van der Waals surface area contributed by atoms with Gasteiger partial charge in [0.25, 0.3) is 17.5 Å². The first-order chi connectivity index (χ1) is 14.0. The third-order valence-corrected chi connectivity index (χ3v) is 4.91. The number of nitrogens with one attached hydrogen (secondary N) is 1. The molecule has 1 aliphatic heterocycles. The number of hydrogen-bond donors (Lipinski definition) is 1. The maximum absolute atomic E-state index is 12.5. The molecule has 0 saturated carbocycles. The normalized spacial score (nSPS) is 12.8. The Labute approximate surface area is 167 Å². The molecule has 0 bridgehead atoms. The highest BCUT2D eigenvalue weighted by molar-refractivity contribution is 7.14. The van der Waals surface area contributed by atoms with Crippen LogP contribution in [0.4, 0.5) is 10.8 Å². The van der Waals surface area contributed by atoms with Crippen molar-refractivity contribution < 1.29 is 19.3 Å². The van der Waals surface area contributed by atoms with Gasteiger partial charge in [-0.2, -0.15) is 0 Å². The summed E-state index contributed by atoms with van der Waals surface area (Å²) < 4.78 is 0. The van der Waals surface area contributed by atoms with Gasteiger partial charge >= 0.3 is 0 Å². The van der Waals surface area contributed by atoms with Crippen molar-refractivity contribution in [3.63, 3.8) is 0 Å². The predicted octanol–water partition coefficient (Wildman–Crippen LogP) is 2.35. The molecule has 2 aromatic heterocycles. The lowest BCUT2D eigenvalue weighted by Gasteiger charge is -2.12. The first kappa shape index (κ1) is 18.4. The Kier molecular flexibility index (Phi) is 4.56. The third kappa shape index (κ3) is 3.34. The first-order valence-corrected chi connectivity index (χ1v) is 9.14. The number of aromatic nitrogens is 2. The highest BCUT2D eigenvalue weighted by Gasteiger charge is 2.41. The molecule has 1 aliphatic rings. The molecule has 0 unspecified atom stereocenters. The summed E-state index contributed by atoms with van der Waals surface area (Å²) in [6, 6.07) is 9.13. The average Bonchev–Trinajstić information content (AvgIpc) is 3.27. The van der Waals surface area contributed by atoms with E-state index >= 15 is 0 Å². The van der Waals surface area contributed by atoms with Gasteiger partial charge in [-0.15, -0.1) is 11.3 Å². The van der Waals surface area contributed by atoms with E-state index in [1.54, 1.807) is 29.8 Å². The van der Waals surface area contributed by atoms with Crippen LogP contribution in [0.1, 0.15) is 20.7 Å². The average molecular weight is 409 g/mol. The lowest BCUT2D eigenvalue weighted by atomic mass is 10.1. The summed E-state index contributed by atoms with van der Waals surface area (Å²) in [4.78, 5) is 56.8. The lowest BCUT2D eigenvalue weighted by molar-refractivity contribution is -0.385. The minimum absolute atomic E-state index is 0.0938. The number of nitrogens with zero attached hydrogens (tertiary/aromatic N) is 4. The maximum atomic E-state index is 12.5. The summed E-state index contributed by atoms with van der Waals surface area (Å²) in [6.07, 6.45) is 1.62. The molecule has 0 radical (unpaired) electrons. The van der Waals surface area contributed by atoms with Crippen LogP contribution in [0.25, 0.3) is 11.4 Å². The van der Waals surface area contributed by atoms with Crippen molar-refractivity contribution in [2.45, 2.75) is 0 Å². The Morgan fingerprint density at radius 3 is 2.69 bits per heavy atom. The Bertz CT molecular complexity index is 1160. The quantitative estimate of drug-likeness (QED) is 0.388. The Balaban J connectivity index is 1.49. The van der Waals surface area contributed by atoms with Gasteiger partial charge in [0.1, 0.15) is 17.8 Å². The predicted molar refractivity (Wildman–Crippen MR) is 102 cm³/mol. The Hall–Kier alpha value is -3.99. The van der Waals surface area contributed by atoms with Crippen LogP contribution >= 0.6 is 11.3 Å². The van der Waals surface area contributed by atoms with E-state index < -0.39 is 34.9 Å². The maximum Gasteiger partial charge on any atom is 0.282 e. The van der Waals surface area contributed by atoms with Crippen molar-refractivity contribution in [3.8, 4) is 11.4 Å². The zero-order valence-corrected chi connectivity index (χ0v) is 15.4. The van der Waals surface area contributed by atoms with Gasteiger partial charge in [0, 0.05) is 17.6 Å². The summed E-state index contributed by atoms with van der Waals surface area (Å²) in [5, 5.41) is 15.6. The second-order valence-corrected chi connectivity index (χ2v) is 6.81. The smallest absolute Gasteiger partial charge is 0.282 e. The molecule has 144 valence electrons. The number of rotatable bonds is 5. The van der Waals surface area contributed by atoms with Gasteiger partial charge in [0.05, 0.1) is 16.2 Å². The van der Waals surface area contributed by atoms with Crippen molar-refractivity contribution in [2.24, 2.45) is 0 Å². The fraction of sp³-hybridized carbons (Fsp3) is 0.0556. The second kappa shape index (κ2) is 7.20. The van der Waals surface area contributed by atoms with E-state index in [-0.39, 0.29) is 16.3 Å². The second-order valence-electron chi connectivity index (χ2n) is 5.95. The molecule has 0 aliphatic carbocycles. The van der Waals surface area contributed by atoms with E-state index in [0.29, 0.717) is 16.3 Å². The van der Waals surface area contributed by atoms with E-state index in [2.05, 4.69) is 15.3 Å². The number of benzene rings is 1. The summed E-state index contributed by atoms with van der Waals surface area (Å²) in [6.45, 7) is -0.581. The molecule has 0 spiro atoms. The molecule has 1 N–H and O–H groups in total. The summed E-state index contributed by atoms with van der Waals surface area (Å²) >= 11 is 1.17. The molecule has 3 amide bonds. The molecule has 0 atom stereocenters. The van der Waals surface area contributed by atoms with Crippen LogP contribution in [0.2, 0.25) is 0 Å². The summed E-state index contributed by atoms with van der Waals surface area (Å²) in [5.41, 5.74) is 0.341. The molecule has 1 aromatic carbocycles. The minimum Gasteiger partial charge on any atom is -0.300 e. The molecular weight excluding hydrogens is 398 g/mol. The monoisotopic (exact) mass is 409 g/mol. The van der Waals surface area contributed by atoms with Gasteiger partial charge in [-0.25, -0.2) is 4.98 Å². The molecule has 11 heteroatoms. The topological polar surface area (TPSA) is 135 Å². The number of nitro benzene ring substituents is 1. The van der Waals surface area contributed by atoms with Gasteiger partial charge in [-0.3, -0.25) is 34.4 Å². The zero-order valence-electron chi connectivity index (χ0n) is 14.6. The van der Waals surface area contributed by atoms with Gasteiger partial charge < -0.3 is 5.32 Å². The number of carbonyl (C=O) groups excluding carboxylic acids is 3. The molecular formula is C18H11N5O5S. The van der Waals surface area contributed by atoms with Crippen LogP contribution in [-0.4, -0.2) is 44.1 Å². The van der Waals surface area contributed by atoms with E-state index in [1.165, 1.54) is 23.5 Å². The first-order valence-electron chi connectivity index (χ1n) is 8.26. The van der Waals surface area contributed by atoms with E-state index in [4.69, 9.17) is 0 Å². The number of anilines is 1. The zero-order chi connectivity index (χ0) is 20.5. The van der Waals surface area contributed by atoms with Gasteiger partial charge in [0.2, 0.25) is 5.91 Å². The van der Waals surface area contributed by atoms with E-state index in [1.807, 2.05) is 0 Å². The largest absolute Gasteiger partial charge is 0.300 e. The van der Waals surface area contributed by atoms with Crippen LogP contribution in [0.15, 0.2) is 48.0 Å². The van der Waals surface area contributed by atoms with Crippen molar-refractivity contribution in [1.82, 2.24) is 14.9 Å². The van der Waals surface area contributed by atoms with E-state index in [0.717, 1.165) is 6.07 Å². The molecule has 0 saturated heterocycles. The molecule has 10 nitrogen and oxygen atoms in total. The third-order valence-electron chi connectivity index (χ3n) is 4.15. The van der Waals surface area contributed by atoms with Crippen LogP contribution in [0, 0.1) is 10.1 Å². The van der Waals surface area contributed by atoms with Crippen molar-refractivity contribution in [3.05, 3.63) is 69.2 Å². The Morgan fingerprint density at radius 2 is 1.97 bits per heavy atom. The number of imide groups is 1. The van der Waals surface area contributed by atoms with Crippen molar-refractivity contribution >= 4 is 39.9 Å².